The van der Waals surface area contributed by atoms with E-state index in [1.54, 1.807) is 30.3 Å². The topological polar surface area (TPSA) is 158 Å². The number of nitrogens with one attached hydrogen (secondary N) is 1. The molecule has 0 aliphatic carbocycles. The zero-order valence-corrected chi connectivity index (χ0v) is 20.4. The van der Waals surface area contributed by atoms with Gasteiger partial charge in [0, 0.05) is 22.3 Å². The first kappa shape index (κ1) is 26.9. The zero-order chi connectivity index (χ0) is 27.1. The molecule has 0 aromatic heterocycles. The lowest BCUT2D eigenvalue weighted by Crippen LogP contribution is -2.13. The van der Waals surface area contributed by atoms with Gasteiger partial charge >= 0.3 is 5.69 Å². The number of ether oxygens (including phenoxy) is 2. The molecule has 0 unspecified atom stereocenters. The fraction of sp³-hybridized carbons (Fsp3) is 0.0833. The van der Waals surface area contributed by atoms with Crippen molar-refractivity contribution < 1.29 is 24.1 Å². The van der Waals surface area contributed by atoms with E-state index in [-0.39, 0.29) is 32.7 Å². The van der Waals surface area contributed by atoms with E-state index in [1.807, 2.05) is 6.92 Å². The Hall–Kier alpha value is -4.66. The van der Waals surface area contributed by atoms with E-state index in [0.717, 1.165) is 24.3 Å². The molecule has 0 aliphatic rings. The van der Waals surface area contributed by atoms with Gasteiger partial charge in [0.2, 0.25) is 5.75 Å². The number of carbonyl (C=O) groups is 1. The standard InChI is InChI=1S/C24H16Cl2N4O7/c1-2-36-19-6-3-17(4-7-19)28-24(31)15(13-27)9-14-10-16(25)11-20(26)23(14)37-22-8-5-18(29(32)33)12-21(22)30(34)35/h3-12H,2H2,1H3,(H,28,31)/b15-9+. The first-order valence-electron chi connectivity index (χ1n) is 10.4. The van der Waals surface area contributed by atoms with Gasteiger partial charge in [-0.25, -0.2) is 0 Å². The molecule has 13 heteroatoms. The number of nitro benzene ring substituents is 2. The minimum Gasteiger partial charge on any atom is -0.494 e. The first-order chi connectivity index (χ1) is 17.6. The first-order valence-corrected chi connectivity index (χ1v) is 11.1. The number of benzene rings is 3. The van der Waals surface area contributed by atoms with Crippen LogP contribution in [0.25, 0.3) is 6.08 Å². The number of non-ortho nitro benzene ring substituents is 1. The molecule has 188 valence electrons. The van der Waals surface area contributed by atoms with Gasteiger partial charge in [0.15, 0.2) is 5.75 Å². The van der Waals surface area contributed by atoms with Gasteiger partial charge in [-0.1, -0.05) is 23.2 Å². The highest BCUT2D eigenvalue weighted by Crippen LogP contribution is 2.41. The molecule has 0 fully saturated rings. The summed E-state index contributed by atoms with van der Waals surface area (Å²) in [7, 11) is 0. The molecule has 1 amide bonds. The summed E-state index contributed by atoms with van der Waals surface area (Å²) in [4.78, 5) is 33.6. The van der Waals surface area contributed by atoms with Crippen molar-refractivity contribution in [3.8, 4) is 23.3 Å². The normalized spacial score (nSPS) is 10.8. The second kappa shape index (κ2) is 11.9. The van der Waals surface area contributed by atoms with Crippen LogP contribution in [0, 0.1) is 31.6 Å². The number of anilines is 1. The lowest BCUT2D eigenvalue weighted by molar-refractivity contribution is -0.394. The van der Waals surface area contributed by atoms with Crippen molar-refractivity contribution in [2.45, 2.75) is 6.92 Å². The van der Waals surface area contributed by atoms with E-state index in [2.05, 4.69) is 5.32 Å². The predicted octanol–water partition coefficient (Wildman–Crippen LogP) is 6.55. The minimum atomic E-state index is -0.855. The maximum absolute atomic E-state index is 12.7. The van der Waals surface area contributed by atoms with Crippen LogP contribution < -0.4 is 14.8 Å². The van der Waals surface area contributed by atoms with Crippen molar-refractivity contribution in [1.29, 1.82) is 5.26 Å². The molecule has 3 rings (SSSR count). The Kier molecular flexibility index (Phi) is 8.63. The average Bonchev–Trinajstić information content (AvgIpc) is 2.85. The van der Waals surface area contributed by atoms with Crippen LogP contribution in [0.5, 0.6) is 17.2 Å². The van der Waals surface area contributed by atoms with E-state index in [1.165, 1.54) is 12.1 Å². The maximum Gasteiger partial charge on any atom is 0.318 e. The summed E-state index contributed by atoms with van der Waals surface area (Å²) in [6, 6.07) is 13.7. The highest BCUT2D eigenvalue weighted by molar-refractivity contribution is 6.36. The number of halogens is 2. The predicted molar refractivity (Wildman–Crippen MR) is 136 cm³/mol. The molecule has 0 atom stereocenters. The molecule has 3 aromatic rings. The van der Waals surface area contributed by atoms with Crippen molar-refractivity contribution in [3.63, 3.8) is 0 Å². The highest BCUT2D eigenvalue weighted by Gasteiger charge is 2.23. The number of rotatable bonds is 9. The third-order valence-corrected chi connectivity index (χ3v) is 5.19. The molecule has 0 bridgehead atoms. The molecule has 3 aromatic carbocycles. The summed E-state index contributed by atoms with van der Waals surface area (Å²) in [5.41, 5.74) is -1.10. The third-order valence-electron chi connectivity index (χ3n) is 4.69. The van der Waals surface area contributed by atoms with E-state index >= 15 is 0 Å². The number of carbonyl (C=O) groups excluding carboxylic acids is 1. The summed E-state index contributed by atoms with van der Waals surface area (Å²) in [5.74, 6) is -0.668. The second-order valence-corrected chi connectivity index (χ2v) is 8.00. The van der Waals surface area contributed by atoms with Crippen LogP contribution in [0.3, 0.4) is 0 Å². The van der Waals surface area contributed by atoms with Crippen LogP contribution in [-0.2, 0) is 4.79 Å². The lowest BCUT2D eigenvalue weighted by Gasteiger charge is -2.12. The minimum absolute atomic E-state index is 0.0588. The van der Waals surface area contributed by atoms with Gasteiger partial charge in [-0.05, 0) is 55.5 Å². The molecule has 0 saturated heterocycles. The van der Waals surface area contributed by atoms with Gasteiger partial charge in [0.25, 0.3) is 11.6 Å². The van der Waals surface area contributed by atoms with Gasteiger partial charge in [-0.3, -0.25) is 25.0 Å². The number of nitro groups is 2. The summed E-state index contributed by atoms with van der Waals surface area (Å²) < 4.78 is 11.0. The van der Waals surface area contributed by atoms with Crippen molar-refractivity contribution in [2.24, 2.45) is 0 Å². The molecule has 1 N–H and O–H groups in total. The lowest BCUT2D eigenvalue weighted by atomic mass is 10.1. The molecule has 37 heavy (non-hydrogen) atoms. The van der Waals surface area contributed by atoms with Gasteiger partial charge in [0.05, 0.1) is 27.5 Å². The quantitative estimate of drug-likeness (QED) is 0.138. The van der Waals surface area contributed by atoms with Crippen LogP contribution in [0.1, 0.15) is 12.5 Å². The summed E-state index contributed by atoms with van der Waals surface area (Å²) in [5, 5.41) is 34.7. The fourth-order valence-electron chi connectivity index (χ4n) is 3.06. The van der Waals surface area contributed by atoms with Crippen LogP contribution in [0.2, 0.25) is 10.0 Å². The van der Waals surface area contributed by atoms with E-state index in [0.29, 0.717) is 18.0 Å². The van der Waals surface area contributed by atoms with Crippen LogP contribution in [0.15, 0.2) is 60.2 Å². The summed E-state index contributed by atoms with van der Waals surface area (Å²) in [6.07, 6.45) is 1.15. The maximum atomic E-state index is 12.7. The molecular weight excluding hydrogens is 527 g/mol. The van der Waals surface area contributed by atoms with Gasteiger partial charge < -0.3 is 14.8 Å². The Morgan fingerprint density at radius 1 is 1.08 bits per heavy atom. The Morgan fingerprint density at radius 2 is 1.78 bits per heavy atom. The summed E-state index contributed by atoms with van der Waals surface area (Å²) >= 11 is 12.4. The third kappa shape index (κ3) is 6.72. The SMILES string of the molecule is CCOc1ccc(NC(=O)/C(C#N)=C/c2cc(Cl)cc(Cl)c2Oc2ccc([N+](=O)[O-])cc2[N+](=O)[O-])cc1. The number of hydrogen-bond donors (Lipinski definition) is 1. The Bertz CT molecular complexity index is 1450. The van der Waals surface area contributed by atoms with Gasteiger partial charge in [-0.2, -0.15) is 5.26 Å². The molecular formula is C24H16Cl2N4O7. The molecule has 0 spiro atoms. The van der Waals surface area contributed by atoms with Crippen molar-refractivity contribution in [3.05, 3.63) is 96.0 Å². The smallest absolute Gasteiger partial charge is 0.318 e. The van der Waals surface area contributed by atoms with Crippen LogP contribution >= 0.6 is 23.2 Å². The van der Waals surface area contributed by atoms with Gasteiger partial charge in [-0.15, -0.1) is 0 Å². The van der Waals surface area contributed by atoms with E-state index in [4.69, 9.17) is 32.7 Å². The number of amides is 1. The highest BCUT2D eigenvalue weighted by atomic mass is 35.5. The molecule has 0 saturated carbocycles. The Labute approximate surface area is 219 Å². The fourth-order valence-corrected chi connectivity index (χ4v) is 3.60. The molecule has 0 aliphatic heterocycles. The molecule has 0 radical (unpaired) electrons. The second-order valence-electron chi connectivity index (χ2n) is 7.16. The number of nitriles is 1. The van der Waals surface area contributed by atoms with Crippen molar-refractivity contribution in [2.75, 3.05) is 11.9 Å². The van der Waals surface area contributed by atoms with Gasteiger partial charge in [0.1, 0.15) is 17.4 Å². The van der Waals surface area contributed by atoms with Crippen molar-refractivity contribution >= 4 is 52.2 Å². The zero-order valence-electron chi connectivity index (χ0n) is 18.9. The monoisotopic (exact) mass is 542 g/mol. The molecule has 11 nitrogen and oxygen atoms in total. The number of hydrogen-bond acceptors (Lipinski definition) is 8. The van der Waals surface area contributed by atoms with Crippen LogP contribution in [0.4, 0.5) is 17.1 Å². The molecule has 0 heterocycles. The Morgan fingerprint density at radius 3 is 2.38 bits per heavy atom. The van der Waals surface area contributed by atoms with Crippen LogP contribution in [-0.4, -0.2) is 22.4 Å². The largest absolute Gasteiger partial charge is 0.494 e. The van der Waals surface area contributed by atoms with E-state index in [9.17, 15) is 30.3 Å². The van der Waals surface area contributed by atoms with E-state index < -0.39 is 27.1 Å². The summed E-state index contributed by atoms with van der Waals surface area (Å²) in [6.45, 7) is 2.31. The Balaban J connectivity index is 1.98. The number of nitrogens with zero attached hydrogens (tertiary/aromatic N) is 3. The van der Waals surface area contributed by atoms with Crippen molar-refractivity contribution in [1.82, 2.24) is 0 Å². The average molecular weight is 543 g/mol.